The lowest BCUT2D eigenvalue weighted by molar-refractivity contribution is -0.00848. The van der Waals surface area contributed by atoms with Gasteiger partial charge in [-0.1, -0.05) is 0 Å². The molecule has 4 nitrogen and oxygen atoms in total. The monoisotopic (exact) mass is 212 g/mol. The minimum atomic E-state index is 0.232. The van der Waals surface area contributed by atoms with Crippen molar-refractivity contribution in [1.29, 1.82) is 0 Å². The SMILES string of the molecule is COCCOCOc1ccc(OC)cc1. The van der Waals surface area contributed by atoms with Crippen LogP contribution >= 0.6 is 0 Å². The number of rotatable bonds is 7. The Hall–Kier alpha value is -1.26. The fourth-order valence-electron chi connectivity index (χ4n) is 0.983. The summed E-state index contributed by atoms with van der Waals surface area (Å²) in [4.78, 5) is 0. The summed E-state index contributed by atoms with van der Waals surface area (Å²) in [5.74, 6) is 1.57. The molecule has 4 heteroatoms. The van der Waals surface area contributed by atoms with Gasteiger partial charge in [0.05, 0.1) is 20.3 Å². The van der Waals surface area contributed by atoms with E-state index in [1.807, 2.05) is 24.3 Å². The molecule has 0 amide bonds. The van der Waals surface area contributed by atoms with Crippen LogP contribution in [-0.2, 0) is 9.47 Å². The van der Waals surface area contributed by atoms with Gasteiger partial charge in [0, 0.05) is 7.11 Å². The molecule has 0 unspecified atom stereocenters. The molecule has 1 rings (SSSR count). The van der Waals surface area contributed by atoms with Crippen molar-refractivity contribution in [2.24, 2.45) is 0 Å². The summed E-state index contributed by atoms with van der Waals surface area (Å²) < 4.78 is 20.3. The quantitative estimate of drug-likeness (QED) is 0.509. The van der Waals surface area contributed by atoms with Crippen molar-refractivity contribution in [3.05, 3.63) is 24.3 Å². The standard InChI is InChI=1S/C11H16O4/c1-12-7-8-14-9-15-11-5-3-10(13-2)4-6-11/h3-6H,7-9H2,1-2H3. The molecule has 0 N–H and O–H groups in total. The Labute approximate surface area is 89.7 Å². The molecule has 0 aliphatic carbocycles. The zero-order valence-corrected chi connectivity index (χ0v) is 9.06. The van der Waals surface area contributed by atoms with Crippen molar-refractivity contribution in [1.82, 2.24) is 0 Å². The number of benzene rings is 1. The molecule has 0 heterocycles. The molecule has 0 atom stereocenters. The molecule has 1 aromatic carbocycles. The third-order valence-corrected chi connectivity index (χ3v) is 1.80. The Bertz CT molecular complexity index is 258. The van der Waals surface area contributed by atoms with E-state index in [2.05, 4.69) is 0 Å². The molecule has 0 saturated carbocycles. The third-order valence-electron chi connectivity index (χ3n) is 1.80. The van der Waals surface area contributed by atoms with Crippen LogP contribution in [0.3, 0.4) is 0 Å². The first-order valence-corrected chi connectivity index (χ1v) is 4.70. The minimum Gasteiger partial charge on any atom is -0.497 e. The molecule has 1 aromatic rings. The molecule has 0 spiro atoms. The Morgan fingerprint density at radius 1 is 0.933 bits per heavy atom. The highest BCUT2D eigenvalue weighted by molar-refractivity contribution is 5.30. The highest BCUT2D eigenvalue weighted by Gasteiger charge is 1.94. The lowest BCUT2D eigenvalue weighted by Crippen LogP contribution is -2.07. The minimum absolute atomic E-state index is 0.232. The van der Waals surface area contributed by atoms with Gasteiger partial charge in [0.2, 0.25) is 0 Å². The van der Waals surface area contributed by atoms with Crippen LogP contribution in [0.2, 0.25) is 0 Å². The summed E-state index contributed by atoms with van der Waals surface area (Å²) in [6, 6.07) is 7.34. The maximum absolute atomic E-state index is 5.32. The van der Waals surface area contributed by atoms with Crippen molar-refractivity contribution < 1.29 is 18.9 Å². The molecule has 0 saturated heterocycles. The Kier molecular flexibility index (Phi) is 5.58. The van der Waals surface area contributed by atoms with Crippen molar-refractivity contribution in [2.45, 2.75) is 0 Å². The summed E-state index contributed by atoms with van der Waals surface area (Å²) in [7, 11) is 3.26. The number of hydrogen-bond donors (Lipinski definition) is 0. The van der Waals surface area contributed by atoms with E-state index in [4.69, 9.17) is 18.9 Å². The van der Waals surface area contributed by atoms with Crippen molar-refractivity contribution >= 4 is 0 Å². The zero-order chi connectivity index (χ0) is 10.9. The molecule has 84 valence electrons. The third kappa shape index (κ3) is 4.67. The maximum atomic E-state index is 5.32. The van der Waals surface area contributed by atoms with Crippen molar-refractivity contribution in [3.8, 4) is 11.5 Å². The van der Waals surface area contributed by atoms with Crippen LogP contribution in [-0.4, -0.2) is 34.2 Å². The van der Waals surface area contributed by atoms with Gasteiger partial charge in [-0.25, -0.2) is 0 Å². The summed E-state index contributed by atoms with van der Waals surface area (Å²) in [6.07, 6.45) is 0. The number of ether oxygens (including phenoxy) is 4. The van der Waals surface area contributed by atoms with E-state index in [0.717, 1.165) is 11.5 Å². The van der Waals surface area contributed by atoms with Gasteiger partial charge >= 0.3 is 0 Å². The van der Waals surface area contributed by atoms with Gasteiger partial charge in [-0.2, -0.15) is 0 Å². The Morgan fingerprint density at radius 3 is 2.20 bits per heavy atom. The van der Waals surface area contributed by atoms with Crippen LogP contribution in [0.4, 0.5) is 0 Å². The normalized spacial score (nSPS) is 10.0. The second-order valence-corrected chi connectivity index (χ2v) is 2.84. The first-order valence-electron chi connectivity index (χ1n) is 4.70. The van der Waals surface area contributed by atoms with E-state index < -0.39 is 0 Å². The molecule has 0 aromatic heterocycles. The van der Waals surface area contributed by atoms with Crippen LogP contribution in [0.1, 0.15) is 0 Å². The van der Waals surface area contributed by atoms with Crippen LogP contribution in [0.25, 0.3) is 0 Å². The summed E-state index contributed by atoms with van der Waals surface area (Å²) in [5.41, 5.74) is 0. The molecule has 0 fully saturated rings. The van der Waals surface area contributed by atoms with Crippen molar-refractivity contribution in [2.75, 3.05) is 34.2 Å². The average Bonchev–Trinajstić information content (AvgIpc) is 2.30. The van der Waals surface area contributed by atoms with E-state index in [0.29, 0.717) is 13.2 Å². The van der Waals surface area contributed by atoms with E-state index in [1.54, 1.807) is 14.2 Å². The van der Waals surface area contributed by atoms with Crippen LogP contribution in [0.15, 0.2) is 24.3 Å². The second-order valence-electron chi connectivity index (χ2n) is 2.84. The van der Waals surface area contributed by atoms with Gasteiger partial charge in [-0.05, 0) is 24.3 Å². The van der Waals surface area contributed by atoms with Gasteiger partial charge in [0.1, 0.15) is 11.5 Å². The first-order chi connectivity index (χ1) is 7.36. The predicted molar refractivity (Wildman–Crippen MR) is 56.3 cm³/mol. The Morgan fingerprint density at radius 2 is 1.60 bits per heavy atom. The lowest BCUT2D eigenvalue weighted by Gasteiger charge is -2.07. The highest BCUT2D eigenvalue weighted by Crippen LogP contribution is 2.16. The number of methoxy groups -OCH3 is 2. The average molecular weight is 212 g/mol. The molecule has 15 heavy (non-hydrogen) atoms. The fraction of sp³-hybridized carbons (Fsp3) is 0.455. The smallest absolute Gasteiger partial charge is 0.189 e. The van der Waals surface area contributed by atoms with Gasteiger partial charge in [0.15, 0.2) is 6.79 Å². The van der Waals surface area contributed by atoms with E-state index in [-0.39, 0.29) is 6.79 Å². The van der Waals surface area contributed by atoms with Crippen LogP contribution in [0, 0.1) is 0 Å². The molecule has 0 aliphatic rings. The van der Waals surface area contributed by atoms with E-state index in [9.17, 15) is 0 Å². The van der Waals surface area contributed by atoms with Gasteiger partial charge < -0.3 is 18.9 Å². The fourth-order valence-corrected chi connectivity index (χ4v) is 0.983. The summed E-state index contributed by atoms with van der Waals surface area (Å²) in [6.45, 7) is 1.34. The van der Waals surface area contributed by atoms with Gasteiger partial charge in [-0.15, -0.1) is 0 Å². The lowest BCUT2D eigenvalue weighted by atomic mass is 10.3. The molecule has 0 aliphatic heterocycles. The molecular weight excluding hydrogens is 196 g/mol. The molecule has 0 bridgehead atoms. The number of hydrogen-bond acceptors (Lipinski definition) is 4. The van der Waals surface area contributed by atoms with E-state index in [1.165, 1.54) is 0 Å². The zero-order valence-electron chi connectivity index (χ0n) is 9.06. The summed E-state index contributed by atoms with van der Waals surface area (Å²) in [5, 5.41) is 0. The van der Waals surface area contributed by atoms with Gasteiger partial charge in [-0.3, -0.25) is 0 Å². The largest absolute Gasteiger partial charge is 0.497 e. The first kappa shape index (κ1) is 11.8. The van der Waals surface area contributed by atoms with E-state index >= 15 is 0 Å². The van der Waals surface area contributed by atoms with Gasteiger partial charge in [0.25, 0.3) is 0 Å². The van der Waals surface area contributed by atoms with Crippen LogP contribution < -0.4 is 9.47 Å². The van der Waals surface area contributed by atoms with Crippen molar-refractivity contribution in [3.63, 3.8) is 0 Å². The predicted octanol–water partition coefficient (Wildman–Crippen LogP) is 1.69. The topological polar surface area (TPSA) is 36.9 Å². The highest BCUT2D eigenvalue weighted by atomic mass is 16.7. The van der Waals surface area contributed by atoms with Crippen LogP contribution in [0.5, 0.6) is 11.5 Å². The summed E-state index contributed by atoms with van der Waals surface area (Å²) >= 11 is 0. The Balaban J connectivity index is 2.20. The molecular formula is C11H16O4. The molecule has 0 radical (unpaired) electrons. The maximum Gasteiger partial charge on any atom is 0.189 e. The second kappa shape index (κ2) is 7.09.